The Kier molecular flexibility index (Phi) is 4.67. The first kappa shape index (κ1) is 17.5. The van der Waals surface area contributed by atoms with Crippen molar-refractivity contribution in [2.75, 3.05) is 13.1 Å². The molecule has 0 spiro atoms. The van der Waals surface area contributed by atoms with Gasteiger partial charge >= 0.3 is 0 Å². The van der Waals surface area contributed by atoms with Crippen molar-refractivity contribution < 1.29 is 9.21 Å². The molecule has 6 nitrogen and oxygen atoms in total. The van der Waals surface area contributed by atoms with Crippen LogP contribution >= 0.6 is 22.7 Å². The zero-order chi connectivity index (χ0) is 18.9. The highest BCUT2D eigenvalue weighted by Gasteiger charge is 2.31. The van der Waals surface area contributed by atoms with Gasteiger partial charge in [0, 0.05) is 31.4 Å². The maximum Gasteiger partial charge on any atom is 0.237 e. The second-order valence-corrected chi connectivity index (χ2v) is 8.48. The van der Waals surface area contributed by atoms with Gasteiger partial charge in [0.25, 0.3) is 0 Å². The monoisotopic (exact) mass is 410 g/mol. The normalized spacial score (nSPS) is 17.9. The van der Waals surface area contributed by atoms with Gasteiger partial charge in [0.05, 0.1) is 16.6 Å². The predicted molar refractivity (Wildman–Crippen MR) is 110 cm³/mol. The van der Waals surface area contributed by atoms with Crippen molar-refractivity contribution in [3.05, 3.63) is 58.7 Å². The third-order valence-electron chi connectivity index (χ3n) is 4.80. The van der Waals surface area contributed by atoms with Crippen molar-refractivity contribution in [1.82, 2.24) is 20.2 Å². The molecule has 1 aromatic carbocycles. The topological polar surface area (TPSA) is 71.3 Å². The van der Waals surface area contributed by atoms with E-state index in [-0.39, 0.29) is 11.9 Å². The second kappa shape index (κ2) is 7.46. The van der Waals surface area contributed by atoms with Crippen molar-refractivity contribution in [2.24, 2.45) is 0 Å². The van der Waals surface area contributed by atoms with Crippen LogP contribution in [-0.4, -0.2) is 39.9 Å². The number of nitrogens with one attached hydrogen (secondary N) is 1. The quantitative estimate of drug-likeness (QED) is 0.545. The van der Waals surface area contributed by atoms with Crippen LogP contribution in [-0.2, 0) is 17.8 Å². The number of hydrogen-bond acceptors (Lipinski definition) is 7. The maximum absolute atomic E-state index is 12.6. The van der Waals surface area contributed by atoms with Gasteiger partial charge in [0.1, 0.15) is 10.5 Å². The molecule has 0 unspecified atom stereocenters. The third kappa shape index (κ3) is 3.46. The molecule has 142 valence electrons. The molecule has 0 aliphatic carbocycles. The standard InChI is InChI=1S/C20H18N4O2S2/c25-19-15(10-18-23-14-4-1-2-5-16(14)26-18)24(8-7-21-19)11-13-12-28-20(22-13)17-6-3-9-27-17/h1-6,9,12,15H,7-8,10-11H2,(H,21,25)/t15-/m0/s1. The number of benzene rings is 1. The van der Waals surface area contributed by atoms with Gasteiger partial charge in [0.15, 0.2) is 11.5 Å². The minimum atomic E-state index is -0.311. The summed E-state index contributed by atoms with van der Waals surface area (Å²) in [5.74, 6) is 0.605. The average molecular weight is 411 g/mol. The van der Waals surface area contributed by atoms with Crippen LogP contribution in [0, 0.1) is 0 Å². The summed E-state index contributed by atoms with van der Waals surface area (Å²) in [6, 6.07) is 11.5. The first-order chi connectivity index (χ1) is 13.8. The average Bonchev–Trinajstić information content (AvgIpc) is 3.44. The molecule has 5 rings (SSSR count). The number of hydrogen-bond donors (Lipinski definition) is 1. The fraction of sp³-hybridized carbons (Fsp3) is 0.250. The number of rotatable bonds is 5. The van der Waals surface area contributed by atoms with Crippen LogP contribution in [0.4, 0.5) is 0 Å². The number of thiazole rings is 1. The number of piperazine rings is 1. The van der Waals surface area contributed by atoms with Gasteiger partial charge in [-0.3, -0.25) is 9.69 Å². The number of fused-ring (bicyclic) bond motifs is 1. The third-order valence-corrected chi connectivity index (χ3v) is 6.73. The molecule has 1 saturated heterocycles. The van der Waals surface area contributed by atoms with Crippen molar-refractivity contribution in [2.45, 2.75) is 19.0 Å². The summed E-state index contributed by atoms with van der Waals surface area (Å²) >= 11 is 3.34. The minimum absolute atomic E-state index is 0.0159. The number of carbonyl (C=O) groups is 1. The fourth-order valence-corrected chi connectivity index (χ4v) is 5.07. The van der Waals surface area contributed by atoms with Crippen molar-refractivity contribution in [1.29, 1.82) is 0 Å². The summed E-state index contributed by atoms with van der Waals surface area (Å²) in [5, 5.41) is 8.13. The Labute approximate surface area is 169 Å². The molecule has 1 aliphatic heterocycles. The van der Waals surface area contributed by atoms with Crippen LogP contribution in [0.2, 0.25) is 0 Å². The van der Waals surface area contributed by atoms with E-state index in [9.17, 15) is 4.79 Å². The minimum Gasteiger partial charge on any atom is -0.441 e. The van der Waals surface area contributed by atoms with Gasteiger partial charge in [-0.15, -0.1) is 22.7 Å². The van der Waals surface area contributed by atoms with E-state index in [1.165, 1.54) is 4.88 Å². The number of para-hydroxylation sites is 2. The van der Waals surface area contributed by atoms with Crippen molar-refractivity contribution in [3.63, 3.8) is 0 Å². The van der Waals surface area contributed by atoms with Crippen LogP contribution < -0.4 is 5.32 Å². The van der Waals surface area contributed by atoms with E-state index in [0.717, 1.165) is 28.3 Å². The Bertz CT molecular complexity index is 1070. The van der Waals surface area contributed by atoms with E-state index in [4.69, 9.17) is 9.40 Å². The van der Waals surface area contributed by atoms with Gasteiger partial charge in [0.2, 0.25) is 5.91 Å². The van der Waals surface area contributed by atoms with Gasteiger partial charge in [-0.25, -0.2) is 9.97 Å². The van der Waals surface area contributed by atoms with E-state index in [1.54, 1.807) is 22.7 Å². The molecule has 0 radical (unpaired) electrons. The first-order valence-electron chi connectivity index (χ1n) is 9.11. The first-order valence-corrected chi connectivity index (χ1v) is 10.9. The molecule has 0 bridgehead atoms. The molecule has 4 heterocycles. The molecule has 8 heteroatoms. The Hall–Kier alpha value is -2.55. The van der Waals surface area contributed by atoms with Gasteiger partial charge < -0.3 is 9.73 Å². The molecular weight excluding hydrogens is 392 g/mol. The van der Waals surface area contributed by atoms with E-state index in [0.29, 0.717) is 25.4 Å². The van der Waals surface area contributed by atoms with Crippen LogP contribution in [0.15, 0.2) is 51.6 Å². The van der Waals surface area contributed by atoms with Crippen LogP contribution in [0.25, 0.3) is 21.0 Å². The van der Waals surface area contributed by atoms with Crippen LogP contribution in [0.3, 0.4) is 0 Å². The molecule has 0 saturated carbocycles. The van der Waals surface area contributed by atoms with Gasteiger partial charge in [-0.2, -0.15) is 0 Å². The molecule has 4 aromatic rings. The molecular formula is C20H18N4O2S2. The number of thiophene rings is 1. The number of oxazole rings is 1. The zero-order valence-corrected chi connectivity index (χ0v) is 16.6. The highest BCUT2D eigenvalue weighted by molar-refractivity contribution is 7.20. The molecule has 3 aromatic heterocycles. The van der Waals surface area contributed by atoms with Crippen LogP contribution in [0.1, 0.15) is 11.6 Å². The Morgan fingerprint density at radius 1 is 1.18 bits per heavy atom. The molecule has 1 amide bonds. The summed E-state index contributed by atoms with van der Waals surface area (Å²) < 4.78 is 5.84. The summed E-state index contributed by atoms with van der Waals surface area (Å²) in [6.07, 6.45) is 0.447. The van der Waals surface area contributed by atoms with Crippen molar-refractivity contribution in [3.8, 4) is 9.88 Å². The second-order valence-electron chi connectivity index (χ2n) is 6.68. The lowest BCUT2D eigenvalue weighted by Crippen LogP contribution is -2.55. The summed E-state index contributed by atoms with van der Waals surface area (Å²) in [4.78, 5) is 25.2. The van der Waals surface area contributed by atoms with Crippen LogP contribution in [0.5, 0.6) is 0 Å². The highest BCUT2D eigenvalue weighted by Crippen LogP contribution is 2.28. The SMILES string of the molecule is O=C1NCCN(Cc2csc(-c3cccs3)n2)[C@H]1Cc1nc2ccccc2o1. The van der Waals surface area contributed by atoms with E-state index < -0.39 is 0 Å². The Morgan fingerprint density at radius 2 is 2.11 bits per heavy atom. The molecule has 1 atom stereocenters. The van der Waals surface area contributed by atoms with Crippen molar-refractivity contribution >= 4 is 39.7 Å². The largest absolute Gasteiger partial charge is 0.441 e. The summed E-state index contributed by atoms with van der Waals surface area (Å²) in [7, 11) is 0. The van der Waals surface area contributed by atoms with E-state index in [1.807, 2.05) is 30.3 Å². The number of aromatic nitrogens is 2. The van der Waals surface area contributed by atoms with E-state index >= 15 is 0 Å². The lowest BCUT2D eigenvalue weighted by atomic mass is 10.1. The van der Waals surface area contributed by atoms with Gasteiger partial charge in [-0.1, -0.05) is 18.2 Å². The summed E-state index contributed by atoms with van der Waals surface area (Å²) in [5.41, 5.74) is 2.56. The number of carbonyl (C=O) groups excluding carboxylic acids is 1. The number of amides is 1. The smallest absolute Gasteiger partial charge is 0.237 e. The zero-order valence-electron chi connectivity index (χ0n) is 15.0. The predicted octanol–water partition coefficient (Wildman–Crippen LogP) is 3.56. The van der Waals surface area contributed by atoms with Gasteiger partial charge in [-0.05, 0) is 23.6 Å². The fourth-order valence-electron chi connectivity index (χ4n) is 3.45. The molecule has 28 heavy (non-hydrogen) atoms. The lowest BCUT2D eigenvalue weighted by molar-refractivity contribution is -0.129. The summed E-state index contributed by atoms with van der Waals surface area (Å²) in [6.45, 7) is 2.06. The molecule has 1 aliphatic rings. The lowest BCUT2D eigenvalue weighted by Gasteiger charge is -2.33. The maximum atomic E-state index is 12.6. The molecule has 1 N–H and O–H groups in total. The Morgan fingerprint density at radius 3 is 2.96 bits per heavy atom. The Balaban J connectivity index is 1.35. The van der Waals surface area contributed by atoms with E-state index in [2.05, 4.69) is 32.0 Å². The number of nitrogens with zero attached hydrogens (tertiary/aromatic N) is 3. The molecule has 1 fully saturated rings. The highest BCUT2D eigenvalue weighted by atomic mass is 32.1.